The van der Waals surface area contributed by atoms with Crippen molar-refractivity contribution in [3.8, 4) is 28.1 Å². The first-order chi connectivity index (χ1) is 11.9. The number of nitrogen functional groups attached to an aromatic ring is 1. The molecule has 0 aliphatic carbocycles. The minimum Gasteiger partial charge on any atom is -0.481 e. The maximum absolute atomic E-state index is 11.6. The fourth-order valence-electron chi connectivity index (χ4n) is 2.54. The number of hydrogen-bond donors (Lipinski definition) is 1. The summed E-state index contributed by atoms with van der Waals surface area (Å²) in [6, 6.07) is 16.2. The van der Waals surface area contributed by atoms with Crippen LogP contribution in [0.4, 0.5) is 5.69 Å². The van der Waals surface area contributed by atoms with E-state index in [-0.39, 0.29) is 0 Å². The lowest BCUT2D eigenvalue weighted by Gasteiger charge is -2.10. The molecule has 6 heteroatoms. The van der Waals surface area contributed by atoms with Gasteiger partial charge in [-0.3, -0.25) is 0 Å². The van der Waals surface area contributed by atoms with Gasteiger partial charge in [0.1, 0.15) is 0 Å². The monoisotopic (exact) mass is 354 g/mol. The van der Waals surface area contributed by atoms with E-state index in [2.05, 4.69) is 4.98 Å². The van der Waals surface area contributed by atoms with Crippen LogP contribution in [0.5, 0.6) is 5.88 Å². The van der Waals surface area contributed by atoms with Crippen LogP contribution in [-0.2, 0) is 9.84 Å². The molecule has 1 heterocycles. The second kappa shape index (κ2) is 6.57. The maximum atomic E-state index is 11.6. The van der Waals surface area contributed by atoms with E-state index in [9.17, 15) is 8.42 Å². The lowest BCUT2D eigenvalue weighted by Crippen LogP contribution is -1.96. The molecule has 0 aliphatic heterocycles. The van der Waals surface area contributed by atoms with Crippen LogP contribution in [0, 0.1) is 0 Å². The Morgan fingerprint density at radius 3 is 2.12 bits per heavy atom. The zero-order valence-corrected chi connectivity index (χ0v) is 14.7. The highest BCUT2D eigenvalue weighted by Gasteiger charge is 2.09. The first kappa shape index (κ1) is 17.0. The number of nitrogens with two attached hydrogens (primary N) is 1. The Balaban J connectivity index is 2.01. The highest BCUT2D eigenvalue weighted by Crippen LogP contribution is 2.31. The molecule has 0 saturated carbocycles. The summed E-state index contributed by atoms with van der Waals surface area (Å²) in [6.07, 6.45) is 2.90. The number of aromatic nitrogens is 1. The van der Waals surface area contributed by atoms with E-state index in [0.29, 0.717) is 16.5 Å². The van der Waals surface area contributed by atoms with Gasteiger partial charge in [0.05, 0.1) is 12.0 Å². The maximum Gasteiger partial charge on any atom is 0.212 e. The van der Waals surface area contributed by atoms with Crippen LogP contribution in [0.3, 0.4) is 0 Å². The van der Waals surface area contributed by atoms with Crippen molar-refractivity contribution < 1.29 is 13.2 Å². The molecule has 0 atom stereocenters. The average molecular weight is 354 g/mol. The highest BCUT2D eigenvalue weighted by atomic mass is 32.2. The standard InChI is InChI=1S/C19H18N2O3S/c1-24-19-10-6-15(12-21-19)17-11-14(5-9-18(17)20)13-3-7-16(8-4-13)25(2,22)23/h3-12H,20H2,1-2H3. The van der Waals surface area contributed by atoms with Crippen molar-refractivity contribution >= 4 is 15.5 Å². The molecular formula is C19H18N2O3S. The molecule has 2 N–H and O–H groups in total. The molecule has 2 aromatic carbocycles. The summed E-state index contributed by atoms with van der Waals surface area (Å²) in [5.74, 6) is 0.537. The molecule has 0 fully saturated rings. The molecule has 128 valence electrons. The quantitative estimate of drug-likeness (QED) is 0.726. The smallest absolute Gasteiger partial charge is 0.212 e. The van der Waals surface area contributed by atoms with E-state index in [0.717, 1.165) is 22.3 Å². The molecule has 0 aliphatic rings. The predicted molar refractivity (Wildman–Crippen MR) is 99.2 cm³/mol. The Labute approximate surface area is 147 Å². The zero-order chi connectivity index (χ0) is 18.0. The van der Waals surface area contributed by atoms with Crippen LogP contribution in [-0.4, -0.2) is 26.8 Å². The number of anilines is 1. The van der Waals surface area contributed by atoms with Crippen molar-refractivity contribution in [3.05, 3.63) is 60.8 Å². The van der Waals surface area contributed by atoms with Crippen molar-refractivity contribution in [2.75, 3.05) is 19.1 Å². The van der Waals surface area contributed by atoms with Gasteiger partial charge in [-0.1, -0.05) is 18.2 Å². The fraction of sp³-hybridized carbons (Fsp3) is 0.105. The Hall–Kier alpha value is -2.86. The molecule has 1 aromatic heterocycles. The van der Waals surface area contributed by atoms with Gasteiger partial charge in [-0.25, -0.2) is 13.4 Å². The minimum absolute atomic E-state index is 0.297. The third kappa shape index (κ3) is 3.64. The van der Waals surface area contributed by atoms with Gasteiger partial charge < -0.3 is 10.5 Å². The number of methoxy groups -OCH3 is 1. The molecule has 0 spiro atoms. The van der Waals surface area contributed by atoms with Gasteiger partial charge in [0.2, 0.25) is 5.88 Å². The number of hydrogen-bond acceptors (Lipinski definition) is 5. The Bertz CT molecular complexity index is 996. The molecule has 0 bridgehead atoms. The molecule has 0 radical (unpaired) electrons. The van der Waals surface area contributed by atoms with Crippen molar-refractivity contribution in [1.29, 1.82) is 0 Å². The third-order valence-corrected chi connectivity index (χ3v) is 5.05. The van der Waals surface area contributed by atoms with E-state index < -0.39 is 9.84 Å². The second-order valence-corrected chi connectivity index (χ2v) is 7.70. The summed E-state index contributed by atoms with van der Waals surface area (Å²) in [6.45, 7) is 0. The summed E-state index contributed by atoms with van der Waals surface area (Å²) in [7, 11) is -1.64. The molecule has 3 rings (SSSR count). The summed E-state index contributed by atoms with van der Waals surface area (Å²) in [5, 5.41) is 0. The average Bonchev–Trinajstić information content (AvgIpc) is 2.62. The van der Waals surface area contributed by atoms with Gasteiger partial charge in [-0.05, 0) is 41.5 Å². The molecule has 25 heavy (non-hydrogen) atoms. The van der Waals surface area contributed by atoms with Crippen LogP contribution in [0.15, 0.2) is 65.7 Å². The van der Waals surface area contributed by atoms with E-state index in [4.69, 9.17) is 10.5 Å². The fourth-order valence-corrected chi connectivity index (χ4v) is 3.17. The predicted octanol–water partition coefficient (Wildman–Crippen LogP) is 3.41. The van der Waals surface area contributed by atoms with Crippen LogP contribution in [0.2, 0.25) is 0 Å². The topological polar surface area (TPSA) is 82.3 Å². The molecule has 0 unspecified atom stereocenters. The number of benzene rings is 2. The van der Waals surface area contributed by atoms with Gasteiger partial charge in [0.15, 0.2) is 9.84 Å². The lowest BCUT2D eigenvalue weighted by molar-refractivity contribution is 0.398. The molecule has 0 saturated heterocycles. The SMILES string of the molecule is COc1ccc(-c2cc(-c3ccc(S(C)(=O)=O)cc3)ccc2N)cn1. The Kier molecular flexibility index (Phi) is 4.46. The summed E-state index contributed by atoms with van der Waals surface area (Å²) >= 11 is 0. The van der Waals surface area contributed by atoms with Crippen LogP contribution >= 0.6 is 0 Å². The van der Waals surface area contributed by atoms with Crippen molar-refractivity contribution in [2.24, 2.45) is 0 Å². The summed E-state index contributed by atoms with van der Waals surface area (Å²) in [5.41, 5.74) is 10.4. The van der Waals surface area contributed by atoms with E-state index >= 15 is 0 Å². The molecule has 0 amide bonds. The first-order valence-electron chi connectivity index (χ1n) is 7.59. The Morgan fingerprint density at radius 1 is 0.920 bits per heavy atom. The van der Waals surface area contributed by atoms with Gasteiger partial charge >= 0.3 is 0 Å². The normalized spacial score (nSPS) is 11.3. The highest BCUT2D eigenvalue weighted by molar-refractivity contribution is 7.90. The molecular weight excluding hydrogens is 336 g/mol. The summed E-state index contributed by atoms with van der Waals surface area (Å²) in [4.78, 5) is 4.51. The number of nitrogens with zero attached hydrogens (tertiary/aromatic N) is 1. The second-order valence-electron chi connectivity index (χ2n) is 5.69. The number of sulfone groups is 1. The number of ether oxygens (including phenoxy) is 1. The first-order valence-corrected chi connectivity index (χ1v) is 9.48. The number of pyridine rings is 1. The largest absolute Gasteiger partial charge is 0.481 e. The minimum atomic E-state index is -3.21. The molecule has 5 nitrogen and oxygen atoms in total. The van der Waals surface area contributed by atoms with Crippen molar-refractivity contribution in [3.63, 3.8) is 0 Å². The summed E-state index contributed by atoms with van der Waals surface area (Å²) < 4.78 is 28.2. The van der Waals surface area contributed by atoms with Crippen molar-refractivity contribution in [2.45, 2.75) is 4.90 Å². The van der Waals surface area contributed by atoms with Crippen LogP contribution < -0.4 is 10.5 Å². The zero-order valence-electron chi connectivity index (χ0n) is 13.9. The number of rotatable bonds is 4. The van der Waals surface area contributed by atoms with Crippen LogP contribution in [0.25, 0.3) is 22.3 Å². The van der Waals surface area contributed by atoms with Crippen LogP contribution in [0.1, 0.15) is 0 Å². The van der Waals surface area contributed by atoms with E-state index in [1.807, 2.05) is 24.3 Å². The molecule has 3 aromatic rings. The van der Waals surface area contributed by atoms with E-state index in [1.54, 1.807) is 43.6 Å². The third-order valence-electron chi connectivity index (χ3n) is 3.93. The van der Waals surface area contributed by atoms with Gasteiger partial charge in [0.25, 0.3) is 0 Å². The van der Waals surface area contributed by atoms with Gasteiger partial charge in [-0.2, -0.15) is 0 Å². The Morgan fingerprint density at radius 2 is 1.56 bits per heavy atom. The van der Waals surface area contributed by atoms with Gasteiger partial charge in [-0.15, -0.1) is 0 Å². The van der Waals surface area contributed by atoms with Gasteiger partial charge in [0, 0.05) is 35.3 Å². The lowest BCUT2D eigenvalue weighted by atomic mass is 9.98. The van der Waals surface area contributed by atoms with Crippen molar-refractivity contribution in [1.82, 2.24) is 4.98 Å². The van der Waals surface area contributed by atoms with E-state index in [1.165, 1.54) is 6.26 Å².